The minimum Gasteiger partial charge on any atom is -0.382 e. The summed E-state index contributed by atoms with van der Waals surface area (Å²) >= 11 is 0. The maximum Gasteiger partial charge on any atom is 0.153 e. The third-order valence-corrected chi connectivity index (χ3v) is 2.31. The van der Waals surface area contributed by atoms with E-state index in [1.54, 1.807) is 6.20 Å². The molecule has 4 nitrogen and oxygen atoms in total. The van der Waals surface area contributed by atoms with Gasteiger partial charge in [0.05, 0.1) is 17.1 Å². The van der Waals surface area contributed by atoms with Crippen LogP contribution < -0.4 is 5.73 Å². The van der Waals surface area contributed by atoms with Crippen molar-refractivity contribution in [2.45, 2.75) is 26.2 Å². The highest BCUT2D eigenvalue weighted by Gasteiger charge is 2.19. The fourth-order valence-electron chi connectivity index (χ4n) is 1.57. The van der Waals surface area contributed by atoms with E-state index in [-0.39, 0.29) is 5.41 Å². The Morgan fingerprint density at radius 2 is 2.00 bits per heavy atom. The van der Waals surface area contributed by atoms with E-state index in [0.29, 0.717) is 5.82 Å². The second-order valence-corrected chi connectivity index (χ2v) is 4.47. The molecule has 0 amide bonds. The van der Waals surface area contributed by atoms with Crippen LogP contribution in [0.1, 0.15) is 26.3 Å². The number of anilines is 1. The average molecular weight is 190 g/mol. The Labute approximate surface area is 82.5 Å². The number of fused-ring (bicyclic) bond motifs is 1. The second-order valence-electron chi connectivity index (χ2n) is 4.47. The number of aromatic amines is 1. The topological polar surface area (TPSA) is 67.6 Å². The van der Waals surface area contributed by atoms with E-state index in [9.17, 15) is 0 Å². The highest BCUT2D eigenvalue weighted by molar-refractivity contribution is 5.91. The predicted octanol–water partition coefficient (Wildman–Crippen LogP) is 1.84. The normalized spacial score (nSPS) is 12.2. The van der Waals surface area contributed by atoms with Crippen LogP contribution in [0.3, 0.4) is 0 Å². The molecule has 0 spiro atoms. The fourth-order valence-corrected chi connectivity index (χ4v) is 1.57. The molecule has 0 radical (unpaired) electrons. The summed E-state index contributed by atoms with van der Waals surface area (Å²) in [5.41, 5.74) is 7.86. The van der Waals surface area contributed by atoms with Crippen LogP contribution in [0.25, 0.3) is 10.9 Å². The summed E-state index contributed by atoms with van der Waals surface area (Å²) in [6.07, 6.45) is 3.60. The van der Waals surface area contributed by atoms with Crippen molar-refractivity contribution in [1.82, 2.24) is 15.2 Å². The van der Waals surface area contributed by atoms with Crippen molar-refractivity contribution < 1.29 is 0 Å². The van der Waals surface area contributed by atoms with Crippen LogP contribution in [-0.2, 0) is 5.41 Å². The monoisotopic (exact) mass is 190 g/mol. The van der Waals surface area contributed by atoms with Gasteiger partial charge in [0.1, 0.15) is 0 Å². The first-order valence-electron chi connectivity index (χ1n) is 4.58. The van der Waals surface area contributed by atoms with Gasteiger partial charge in [0.25, 0.3) is 0 Å². The lowest BCUT2D eigenvalue weighted by molar-refractivity contribution is 0.593. The van der Waals surface area contributed by atoms with Crippen molar-refractivity contribution >= 4 is 16.7 Å². The van der Waals surface area contributed by atoms with Crippen molar-refractivity contribution in [3.8, 4) is 0 Å². The van der Waals surface area contributed by atoms with Gasteiger partial charge in [0.15, 0.2) is 5.82 Å². The van der Waals surface area contributed by atoms with Crippen LogP contribution in [-0.4, -0.2) is 15.2 Å². The largest absolute Gasteiger partial charge is 0.382 e. The fraction of sp³-hybridized carbons (Fsp3) is 0.400. The summed E-state index contributed by atoms with van der Waals surface area (Å²) in [6.45, 7) is 6.40. The molecule has 0 saturated carbocycles. The third kappa shape index (κ3) is 1.23. The SMILES string of the molecule is CC(C)(C)c1cncc2[nH]nc(N)c12. The number of nitrogen functional groups attached to an aromatic ring is 1. The van der Waals surface area contributed by atoms with E-state index in [1.165, 1.54) is 0 Å². The zero-order chi connectivity index (χ0) is 10.3. The number of pyridine rings is 1. The number of nitrogens with two attached hydrogens (primary N) is 1. The van der Waals surface area contributed by atoms with Gasteiger partial charge in [-0.25, -0.2) is 0 Å². The second kappa shape index (κ2) is 2.70. The highest BCUT2D eigenvalue weighted by Crippen LogP contribution is 2.30. The van der Waals surface area contributed by atoms with E-state index >= 15 is 0 Å². The van der Waals surface area contributed by atoms with Gasteiger partial charge >= 0.3 is 0 Å². The molecule has 2 aromatic heterocycles. The third-order valence-electron chi connectivity index (χ3n) is 2.31. The Balaban J connectivity index is 2.82. The van der Waals surface area contributed by atoms with E-state index in [0.717, 1.165) is 16.5 Å². The van der Waals surface area contributed by atoms with Gasteiger partial charge in [0, 0.05) is 6.20 Å². The molecule has 0 aromatic carbocycles. The van der Waals surface area contributed by atoms with E-state index in [1.807, 2.05) is 6.20 Å². The van der Waals surface area contributed by atoms with Crippen molar-refractivity contribution in [1.29, 1.82) is 0 Å². The van der Waals surface area contributed by atoms with E-state index < -0.39 is 0 Å². The summed E-state index contributed by atoms with van der Waals surface area (Å²) in [5.74, 6) is 0.548. The zero-order valence-corrected chi connectivity index (χ0v) is 8.63. The van der Waals surface area contributed by atoms with E-state index in [4.69, 9.17) is 5.73 Å². The number of nitrogens with one attached hydrogen (secondary N) is 1. The first-order chi connectivity index (χ1) is 6.50. The molecular weight excluding hydrogens is 176 g/mol. The van der Waals surface area contributed by atoms with Gasteiger partial charge in [-0.3, -0.25) is 10.1 Å². The molecule has 0 saturated heterocycles. The number of H-pyrrole nitrogens is 1. The molecule has 2 rings (SSSR count). The van der Waals surface area contributed by atoms with Gasteiger partial charge in [-0.1, -0.05) is 20.8 Å². The molecule has 2 aromatic rings. The average Bonchev–Trinajstić information content (AvgIpc) is 2.46. The maximum absolute atomic E-state index is 5.80. The Hall–Kier alpha value is -1.58. The lowest BCUT2D eigenvalue weighted by atomic mass is 9.86. The van der Waals surface area contributed by atoms with E-state index in [2.05, 4.69) is 36.0 Å². The standard InChI is InChI=1S/C10H14N4/c1-10(2,3)6-4-12-5-7-8(6)9(11)14-13-7/h4-5H,1-3H3,(H3,11,13,14). The molecule has 3 N–H and O–H groups in total. The molecule has 0 atom stereocenters. The summed E-state index contributed by atoms with van der Waals surface area (Å²) in [7, 11) is 0. The molecule has 4 heteroatoms. The molecular formula is C10H14N4. The van der Waals surface area contributed by atoms with Gasteiger partial charge < -0.3 is 5.73 Å². The molecule has 74 valence electrons. The number of hydrogen-bond donors (Lipinski definition) is 2. The van der Waals surface area contributed by atoms with Gasteiger partial charge in [-0.15, -0.1) is 0 Å². The van der Waals surface area contributed by atoms with Crippen molar-refractivity contribution in [3.63, 3.8) is 0 Å². The van der Waals surface area contributed by atoms with Gasteiger partial charge in [0.2, 0.25) is 0 Å². The molecule has 0 aliphatic rings. The zero-order valence-electron chi connectivity index (χ0n) is 8.63. The van der Waals surface area contributed by atoms with Crippen LogP contribution in [0, 0.1) is 0 Å². The summed E-state index contributed by atoms with van der Waals surface area (Å²) in [6, 6.07) is 0. The Morgan fingerprint density at radius 1 is 1.29 bits per heavy atom. The van der Waals surface area contributed by atoms with Gasteiger partial charge in [-0.2, -0.15) is 5.10 Å². The summed E-state index contributed by atoms with van der Waals surface area (Å²) in [5, 5.41) is 7.84. The molecule has 0 bridgehead atoms. The van der Waals surface area contributed by atoms with Crippen molar-refractivity contribution in [2.75, 3.05) is 5.73 Å². The molecule has 0 aliphatic heterocycles. The van der Waals surface area contributed by atoms with Crippen LogP contribution in [0.2, 0.25) is 0 Å². The number of aromatic nitrogens is 3. The van der Waals surface area contributed by atoms with Crippen molar-refractivity contribution in [2.24, 2.45) is 0 Å². The smallest absolute Gasteiger partial charge is 0.153 e. The molecule has 0 fully saturated rings. The van der Waals surface area contributed by atoms with Crippen LogP contribution in [0.5, 0.6) is 0 Å². The minimum atomic E-state index is 0.0322. The lowest BCUT2D eigenvalue weighted by Crippen LogP contribution is -2.12. The van der Waals surface area contributed by atoms with Crippen LogP contribution in [0.4, 0.5) is 5.82 Å². The summed E-state index contributed by atoms with van der Waals surface area (Å²) in [4.78, 5) is 4.17. The van der Waals surface area contributed by atoms with Gasteiger partial charge in [-0.05, 0) is 11.0 Å². The van der Waals surface area contributed by atoms with Crippen LogP contribution >= 0.6 is 0 Å². The maximum atomic E-state index is 5.80. The molecule has 14 heavy (non-hydrogen) atoms. The van der Waals surface area contributed by atoms with Crippen molar-refractivity contribution in [3.05, 3.63) is 18.0 Å². The number of hydrogen-bond acceptors (Lipinski definition) is 3. The first kappa shape index (κ1) is 8.99. The highest BCUT2D eigenvalue weighted by atomic mass is 15.2. The molecule has 0 unspecified atom stereocenters. The predicted molar refractivity (Wildman–Crippen MR) is 57.0 cm³/mol. The Bertz CT molecular complexity index is 464. The molecule has 2 heterocycles. The minimum absolute atomic E-state index is 0.0322. The first-order valence-corrected chi connectivity index (χ1v) is 4.58. The quantitative estimate of drug-likeness (QED) is 0.666. The number of rotatable bonds is 0. The summed E-state index contributed by atoms with van der Waals surface area (Å²) < 4.78 is 0. The Kier molecular flexibility index (Phi) is 1.74. The Morgan fingerprint density at radius 3 is 2.64 bits per heavy atom. The van der Waals surface area contributed by atoms with Crippen LogP contribution in [0.15, 0.2) is 12.4 Å². The number of nitrogens with zero attached hydrogens (tertiary/aromatic N) is 2. The lowest BCUT2D eigenvalue weighted by Gasteiger charge is -2.19. The molecule has 0 aliphatic carbocycles.